The Morgan fingerprint density at radius 3 is 2.43 bits per heavy atom. The molecule has 37 heavy (non-hydrogen) atoms. The molecule has 190 valence electrons. The van der Waals surface area contributed by atoms with Crippen LogP contribution in [-0.2, 0) is 4.79 Å². The summed E-state index contributed by atoms with van der Waals surface area (Å²) in [7, 11) is 0. The molecule has 1 aliphatic carbocycles. The van der Waals surface area contributed by atoms with Crippen LogP contribution in [0.3, 0.4) is 0 Å². The highest BCUT2D eigenvalue weighted by molar-refractivity contribution is 9.10. The molecule has 0 atom stereocenters. The number of amides is 1. The minimum Gasteiger partial charge on any atom is -0.383 e. The van der Waals surface area contributed by atoms with Crippen molar-refractivity contribution in [1.29, 1.82) is 0 Å². The minimum absolute atomic E-state index is 0.116. The van der Waals surface area contributed by atoms with Crippen molar-refractivity contribution in [3.05, 3.63) is 65.0 Å². The molecule has 3 aromatic heterocycles. The number of rotatable bonds is 4. The second-order valence-corrected chi connectivity index (χ2v) is 10.9. The maximum Gasteiger partial charge on any atom is 0.254 e. The number of nitrogens with zero attached hydrogens (tertiary/aromatic N) is 5. The van der Waals surface area contributed by atoms with Gasteiger partial charge in [0.2, 0.25) is 0 Å². The first-order chi connectivity index (χ1) is 17.9. The van der Waals surface area contributed by atoms with Crippen LogP contribution in [0.25, 0.3) is 28.0 Å². The van der Waals surface area contributed by atoms with Crippen LogP contribution in [0.15, 0.2) is 59.3 Å². The predicted octanol–water partition coefficient (Wildman–Crippen LogP) is 4.81. The first-order valence-corrected chi connectivity index (χ1v) is 13.6. The van der Waals surface area contributed by atoms with Crippen LogP contribution in [0.4, 0.5) is 5.82 Å². The lowest BCUT2D eigenvalue weighted by atomic mass is 9.91. The van der Waals surface area contributed by atoms with Gasteiger partial charge in [0, 0.05) is 41.9 Å². The molecule has 0 spiro atoms. The third-order valence-corrected chi connectivity index (χ3v) is 8.60. The average molecular weight is 561 g/mol. The largest absolute Gasteiger partial charge is 0.383 e. The third kappa shape index (κ3) is 4.30. The summed E-state index contributed by atoms with van der Waals surface area (Å²) in [6.07, 6.45) is 8.10. The smallest absolute Gasteiger partial charge is 0.254 e. The molecule has 1 aliphatic heterocycles. The first-order valence-electron chi connectivity index (χ1n) is 12.8. The molecule has 2 fully saturated rings. The van der Waals surface area contributed by atoms with Gasteiger partial charge in [-0.15, -0.1) is 0 Å². The van der Waals surface area contributed by atoms with Crippen LogP contribution in [0, 0.1) is 0 Å². The number of hydrogen-bond donors (Lipinski definition) is 2. The van der Waals surface area contributed by atoms with Gasteiger partial charge in [0.15, 0.2) is 5.65 Å². The van der Waals surface area contributed by atoms with Crippen LogP contribution in [0.1, 0.15) is 50.1 Å². The number of likely N-dealkylation sites (tertiary alicyclic amines) is 1. The van der Waals surface area contributed by atoms with Crippen molar-refractivity contribution in [2.24, 2.45) is 0 Å². The Balaban J connectivity index is 1.27. The fourth-order valence-corrected chi connectivity index (χ4v) is 6.22. The Kier molecular flexibility index (Phi) is 6.20. The maximum absolute atomic E-state index is 13.0. The Bertz CT molecular complexity index is 1440. The molecule has 0 unspecified atom stereocenters. The standard InChI is InChI=1S/C28H29BrN6O2/c29-23-24(19-10-14-34(15-11-19)27(36)28(37)12-4-5-13-28)33-26-21(17-32-35(26)25(23)30)20-8-9-22(31-16-20)18-6-2-1-3-7-18/h1-3,6-9,16-17,19,37H,4-5,10-15,30H2. The van der Waals surface area contributed by atoms with E-state index in [4.69, 9.17) is 10.7 Å². The van der Waals surface area contributed by atoms with Gasteiger partial charge in [-0.05, 0) is 60.5 Å². The lowest BCUT2D eigenvalue weighted by Gasteiger charge is -2.36. The molecule has 9 heteroatoms. The van der Waals surface area contributed by atoms with Crippen molar-refractivity contribution in [2.75, 3.05) is 18.8 Å². The van der Waals surface area contributed by atoms with E-state index in [1.54, 1.807) is 10.7 Å². The van der Waals surface area contributed by atoms with Crippen molar-refractivity contribution < 1.29 is 9.90 Å². The number of anilines is 1. The summed E-state index contributed by atoms with van der Waals surface area (Å²) in [6, 6.07) is 14.1. The van der Waals surface area contributed by atoms with E-state index in [0.29, 0.717) is 37.4 Å². The first kappa shape index (κ1) is 24.1. The highest BCUT2D eigenvalue weighted by Gasteiger charge is 2.42. The molecule has 1 saturated heterocycles. The number of aromatic nitrogens is 4. The highest BCUT2D eigenvalue weighted by Crippen LogP contribution is 2.38. The number of carbonyl (C=O) groups excluding carboxylic acids is 1. The van der Waals surface area contributed by atoms with Crippen LogP contribution >= 0.6 is 15.9 Å². The normalized spacial score (nSPS) is 17.9. The van der Waals surface area contributed by atoms with Gasteiger partial charge in [0.05, 0.1) is 22.1 Å². The molecule has 1 amide bonds. The average Bonchev–Trinajstić information content (AvgIpc) is 3.58. The lowest BCUT2D eigenvalue weighted by molar-refractivity contribution is -0.151. The fourth-order valence-electron chi connectivity index (χ4n) is 5.64. The second kappa shape index (κ2) is 9.54. The summed E-state index contributed by atoms with van der Waals surface area (Å²) < 4.78 is 2.40. The van der Waals surface area contributed by atoms with E-state index in [9.17, 15) is 9.90 Å². The SMILES string of the molecule is Nc1c(Br)c(C2CCN(C(=O)C3(O)CCCC3)CC2)nc2c(-c3ccc(-c4ccccc4)nc3)cnn12. The summed E-state index contributed by atoms with van der Waals surface area (Å²) in [4.78, 5) is 24.5. The molecule has 0 bridgehead atoms. The summed E-state index contributed by atoms with van der Waals surface area (Å²) in [6.45, 7) is 1.20. The van der Waals surface area contributed by atoms with Crippen molar-refractivity contribution in [2.45, 2.75) is 50.0 Å². The molecule has 1 aromatic carbocycles. The number of aliphatic hydroxyl groups is 1. The van der Waals surface area contributed by atoms with Crippen molar-refractivity contribution in [3.8, 4) is 22.4 Å². The van der Waals surface area contributed by atoms with Gasteiger partial charge < -0.3 is 15.7 Å². The summed E-state index contributed by atoms with van der Waals surface area (Å²) >= 11 is 3.66. The number of nitrogen functional groups attached to an aromatic ring is 1. The second-order valence-electron chi connectivity index (χ2n) is 10.1. The molecule has 2 aliphatic rings. The number of halogens is 1. The number of nitrogens with two attached hydrogens (primary N) is 1. The van der Waals surface area contributed by atoms with Gasteiger partial charge in [0.1, 0.15) is 11.4 Å². The van der Waals surface area contributed by atoms with Crippen LogP contribution < -0.4 is 5.73 Å². The van der Waals surface area contributed by atoms with Crippen molar-refractivity contribution in [3.63, 3.8) is 0 Å². The van der Waals surface area contributed by atoms with Gasteiger partial charge in [0.25, 0.3) is 5.91 Å². The molecule has 4 aromatic rings. The Hall–Kier alpha value is -3.30. The Morgan fingerprint density at radius 2 is 1.76 bits per heavy atom. The quantitative estimate of drug-likeness (QED) is 0.370. The summed E-state index contributed by atoms with van der Waals surface area (Å²) in [5, 5.41) is 15.2. The Morgan fingerprint density at radius 1 is 1.03 bits per heavy atom. The van der Waals surface area contributed by atoms with Gasteiger partial charge in [-0.1, -0.05) is 36.4 Å². The maximum atomic E-state index is 13.0. The van der Waals surface area contributed by atoms with E-state index < -0.39 is 5.60 Å². The molecule has 4 heterocycles. The molecular formula is C28H29BrN6O2. The Labute approximate surface area is 223 Å². The van der Waals surface area contributed by atoms with Crippen LogP contribution in [0.5, 0.6) is 0 Å². The number of carbonyl (C=O) groups is 1. The summed E-state index contributed by atoms with van der Waals surface area (Å²) in [5.41, 5.74) is 10.6. The van der Waals surface area contributed by atoms with Gasteiger partial charge in [-0.25, -0.2) is 4.98 Å². The van der Waals surface area contributed by atoms with E-state index in [-0.39, 0.29) is 11.8 Å². The topological polar surface area (TPSA) is 110 Å². The highest BCUT2D eigenvalue weighted by atomic mass is 79.9. The zero-order valence-electron chi connectivity index (χ0n) is 20.5. The number of hydrogen-bond acceptors (Lipinski definition) is 6. The van der Waals surface area contributed by atoms with Crippen LogP contribution in [0.2, 0.25) is 0 Å². The fraction of sp³-hybridized carbons (Fsp3) is 0.357. The van der Waals surface area contributed by atoms with E-state index in [1.165, 1.54) is 0 Å². The van der Waals surface area contributed by atoms with E-state index in [2.05, 4.69) is 26.0 Å². The lowest BCUT2D eigenvalue weighted by Crippen LogP contribution is -2.50. The molecule has 8 nitrogen and oxygen atoms in total. The van der Waals surface area contributed by atoms with E-state index in [0.717, 1.165) is 58.2 Å². The van der Waals surface area contributed by atoms with Gasteiger partial charge in [-0.2, -0.15) is 9.61 Å². The van der Waals surface area contributed by atoms with E-state index in [1.807, 2.05) is 53.6 Å². The zero-order valence-corrected chi connectivity index (χ0v) is 22.1. The molecule has 6 rings (SSSR count). The van der Waals surface area contributed by atoms with Crippen LogP contribution in [-0.4, -0.2) is 54.2 Å². The summed E-state index contributed by atoms with van der Waals surface area (Å²) in [5.74, 6) is 0.527. The number of fused-ring (bicyclic) bond motifs is 1. The number of pyridine rings is 1. The van der Waals surface area contributed by atoms with E-state index >= 15 is 0 Å². The van der Waals surface area contributed by atoms with Gasteiger partial charge >= 0.3 is 0 Å². The van der Waals surface area contributed by atoms with Crippen molar-refractivity contribution >= 4 is 33.3 Å². The third-order valence-electron chi connectivity index (χ3n) is 7.79. The number of benzene rings is 1. The number of piperidine rings is 1. The predicted molar refractivity (Wildman–Crippen MR) is 146 cm³/mol. The monoisotopic (exact) mass is 560 g/mol. The van der Waals surface area contributed by atoms with Crippen molar-refractivity contribution in [1.82, 2.24) is 24.5 Å². The van der Waals surface area contributed by atoms with Gasteiger partial charge in [-0.3, -0.25) is 9.78 Å². The molecule has 1 saturated carbocycles. The zero-order chi connectivity index (χ0) is 25.6. The molecule has 3 N–H and O–H groups in total. The molecule has 0 radical (unpaired) electrons. The molecular weight excluding hydrogens is 532 g/mol. The minimum atomic E-state index is -1.17.